The van der Waals surface area contributed by atoms with Crippen molar-refractivity contribution in [3.8, 4) is 62.1 Å². The number of para-hydroxylation sites is 4. The van der Waals surface area contributed by atoms with E-state index < -0.39 is 11.7 Å². The van der Waals surface area contributed by atoms with Crippen molar-refractivity contribution in [3.05, 3.63) is 344 Å². The van der Waals surface area contributed by atoms with Crippen molar-refractivity contribution in [3.63, 3.8) is 0 Å². The topological polar surface area (TPSA) is 82.1 Å². The van der Waals surface area contributed by atoms with Crippen LogP contribution in [0, 0.1) is 6.92 Å². The number of hydrogen-bond donors (Lipinski definition) is 1. The molecule has 0 aliphatic rings. The van der Waals surface area contributed by atoms with Crippen molar-refractivity contribution in [1.82, 2.24) is 38.6 Å². The predicted molar refractivity (Wildman–Crippen MR) is 414 cm³/mol. The summed E-state index contributed by atoms with van der Waals surface area (Å²) in [6.45, 7) is 2.13. The van der Waals surface area contributed by atoms with Crippen molar-refractivity contribution >= 4 is 120 Å². The molecule has 20 rings (SSSR count). The van der Waals surface area contributed by atoms with E-state index >= 15 is 0 Å². The summed E-state index contributed by atoms with van der Waals surface area (Å²) in [4.78, 5) is 22.7. The highest BCUT2D eigenvalue weighted by Crippen LogP contribution is 2.40. The molecule has 0 aliphatic heterocycles. The van der Waals surface area contributed by atoms with E-state index in [1.165, 1.54) is 94.3 Å². The van der Waals surface area contributed by atoms with E-state index in [1.807, 2.05) is 79.0 Å². The van der Waals surface area contributed by atoms with Gasteiger partial charge in [0.05, 0.1) is 50.1 Å². The van der Waals surface area contributed by atoms with Gasteiger partial charge in [0.25, 0.3) is 0 Å². The lowest BCUT2D eigenvalue weighted by molar-refractivity contribution is -0.137. The van der Waals surface area contributed by atoms with Crippen LogP contribution in [0.15, 0.2) is 328 Å². The molecule has 8 nitrogen and oxygen atoms in total. The zero-order valence-electron chi connectivity index (χ0n) is 54.8. The third-order valence-corrected chi connectivity index (χ3v) is 19.6. The van der Waals surface area contributed by atoms with Crippen LogP contribution < -0.4 is 0 Å². The number of rotatable bonds is 7. The molecule has 0 saturated heterocycles. The Morgan fingerprint density at radius 1 is 0.333 bits per heavy atom. The Bertz CT molecular complexity index is 6650. The number of aromatic amines is 1. The number of alkyl halides is 3. The van der Waals surface area contributed by atoms with Gasteiger partial charge in [0.15, 0.2) is 0 Å². The zero-order valence-corrected chi connectivity index (χ0v) is 55.6. The highest BCUT2D eigenvalue weighted by molar-refractivity contribution is 6.29. The quantitative estimate of drug-likeness (QED) is 0.161. The lowest BCUT2D eigenvalue weighted by atomic mass is 9.96. The molecular weight excluding hydrogens is 1290 g/mol. The summed E-state index contributed by atoms with van der Waals surface area (Å²) in [6, 6.07) is 106. The first kappa shape index (κ1) is 61.4. The first-order valence-electron chi connectivity index (χ1n) is 33.7. The molecule has 6 heterocycles. The van der Waals surface area contributed by atoms with Gasteiger partial charge in [-0.2, -0.15) is 13.2 Å². The van der Waals surface area contributed by atoms with Crippen LogP contribution in [0.5, 0.6) is 0 Å². The van der Waals surface area contributed by atoms with Gasteiger partial charge in [-0.05, 0) is 159 Å². The lowest BCUT2D eigenvalue weighted by Gasteiger charge is -2.13. The molecule has 0 radical (unpaired) electrons. The molecular formula is C90H58ClF3N8. The Balaban J connectivity index is 0.000000124. The molecule has 102 heavy (non-hydrogen) atoms. The minimum Gasteiger partial charge on any atom is -0.354 e. The third kappa shape index (κ3) is 11.1. The molecule has 0 spiro atoms. The summed E-state index contributed by atoms with van der Waals surface area (Å²) in [7, 11) is 0. The molecule has 1 N–H and O–H groups in total. The fourth-order valence-electron chi connectivity index (χ4n) is 14.6. The summed E-state index contributed by atoms with van der Waals surface area (Å²) in [5, 5.41) is 13.9. The van der Waals surface area contributed by atoms with Gasteiger partial charge in [-0.3, -0.25) is 4.57 Å². The first-order valence-corrected chi connectivity index (χ1v) is 34.0. The number of nitrogens with zero attached hydrogens (tertiary/aromatic N) is 7. The summed E-state index contributed by atoms with van der Waals surface area (Å²) >= 11 is 6.14. The molecule has 0 bridgehead atoms. The second kappa shape index (κ2) is 25.1. The van der Waals surface area contributed by atoms with Crippen LogP contribution in [0.3, 0.4) is 0 Å². The number of nitrogens with one attached hydrogen (secondary N) is 1. The number of hydrogen-bond acceptors (Lipinski definition) is 4. The number of benzene rings is 14. The Labute approximate surface area is 588 Å². The number of aryl methyl sites for hydroxylation is 1. The van der Waals surface area contributed by atoms with E-state index in [-0.39, 0.29) is 5.28 Å². The van der Waals surface area contributed by atoms with Gasteiger partial charge in [-0.1, -0.05) is 224 Å². The van der Waals surface area contributed by atoms with Crippen molar-refractivity contribution in [1.29, 1.82) is 0 Å². The monoisotopic (exact) mass is 1340 g/mol. The van der Waals surface area contributed by atoms with E-state index in [2.05, 4.69) is 256 Å². The molecule has 0 aliphatic carbocycles. The van der Waals surface area contributed by atoms with Crippen molar-refractivity contribution in [2.75, 3.05) is 0 Å². The maximum Gasteiger partial charge on any atom is 0.416 e. The summed E-state index contributed by atoms with van der Waals surface area (Å²) in [6.07, 6.45) is -0.474. The number of H-pyrrole nitrogens is 1. The van der Waals surface area contributed by atoms with Crippen LogP contribution in [0.1, 0.15) is 11.1 Å². The van der Waals surface area contributed by atoms with E-state index in [0.29, 0.717) is 11.6 Å². The Morgan fingerprint density at radius 2 is 0.824 bits per heavy atom. The highest BCUT2D eigenvalue weighted by atomic mass is 35.5. The van der Waals surface area contributed by atoms with Crippen LogP contribution in [-0.2, 0) is 6.18 Å². The average Bonchev–Trinajstić information content (AvgIpc) is 1.56. The van der Waals surface area contributed by atoms with E-state index in [1.54, 1.807) is 10.6 Å². The predicted octanol–water partition coefficient (Wildman–Crippen LogP) is 24.5. The number of aromatic nitrogens is 8. The van der Waals surface area contributed by atoms with Gasteiger partial charge in [0.2, 0.25) is 11.2 Å². The third-order valence-electron chi connectivity index (χ3n) is 19.4. The summed E-state index contributed by atoms with van der Waals surface area (Å²) in [5.74, 6) is 0.509. The molecule has 0 amide bonds. The smallest absolute Gasteiger partial charge is 0.354 e. The first-order chi connectivity index (χ1) is 50.0. The molecule has 0 fully saturated rings. The van der Waals surface area contributed by atoms with Gasteiger partial charge in [-0.25, -0.2) is 19.9 Å². The molecule has 0 saturated carbocycles. The maximum atomic E-state index is 13.7. The van der Waals surface area contributed by atoms with Gasteiger partial charge >= 0.3 is 6.18 Å². The maximum absolute atomic E-state index is 13.7. The van der Waals surface area contributed by atoms with Gasteiger partial charge in [0, 0.05) is 89.0 Å². The summed E-state index contributed by atoms with van der Waals surface area (Å²) < 4.78 is 47.2. The minimum atomic E-state index is -4.44. The van der Waals surface area contributed by atoms with Crippen molar-refractivity contribution in [2.45, 2.75) is 13.1 Å². The molecule has 486 valence electrons. The van der Waals surface area contributed by atoms with Gasteiger partial charge < -0.3 is 14.1 Å². The molecule has 20 aromatic rings. The van der Waals surface area contributed by atoms with E-state index in [9.17, 15) is 13.2 Å². The molecule has 6 aromatic heterocycles. The number of halogens is 4. The Kier molecular flexibility index (Phi) is 15.1. The minimum absolute atomic E-state index is 0.266. The van der Waals surface area contributed by atoms with Crippen LogP contribution in [0.25, 0.3) is 171 Å². The lowest BCUT2D eigenvalue weighted by Crippen LogP contribution is -2.06. The van der Waals surface area contributed by atoms with Crippen molar-refractivity contribution < 1.29 is 13.2 Å². The molecule has 0 atom stereocenters. The van der Waals surface area contributed by atoms with Crippen LogP contribution in [-0.4, -0.2) is 38.6 Å². The van der Waals surface area contributed by atoms with E-state index in [4.69, 9.17) is 21.6 Å². The zero-order chi connectivity index (χ0) is 68.6. The Morgan fingerprint density at radius 3 is 1.45 bits per heavy atom. The average molecular weight is 1340 g/mol. The molecule has 14 aromatic carbocycles. The second-order valence-corrected chi connectivity index (χ2v) is 26.0. The van der Waals surface area contributed by atoms with Crippen LogP contribution in [0.2, 0.25) is 5.28 Å². The van der Waals surface area contributed by atoms with Gasteiger partial charge in [-0.15, -0.1) is 0 Å². The standard InChI is InChI=1S/C45H27F3N4.C24H15ClN2.C21H16N2/c46-45(47,48)32-11-8-12-33(26-32)51-24-23-31-25-38-36-14-4-6-18-40(36)52(42(38)27-41(31)51)44-49-39-17-5-3-15-37(39)43(50-44)30-21-19-29(20-22-30)35-16-7-10-28-9-1-2-13-34(28)35;25-24-26-22-11-4-3-9-21(22)23(27-24)18-14-12-17(13-15-18)20-10-5-7-16-6-1-2-8-19(16)20;1-14-5-4-6-16(11-14)23-10-9-15-12-18-17-7-2-3-8-19(17)22-20(18)13-21(15)23/h1-27H;1-15H;2-13,22H,1H3. The fraction of sp³-hybridized carbons (Fsp3) is 0.0222. The van der Waals surface area contributed by atoms with Crippen molar-refractivity contribution in [2.24, 2.45) is 0 Å². The number of fused-ring (bicyclic) bond motifs is 12. The Hall–Kier alpha value is -13.0. The normalized spacial score (nSPS) is 11.8. The van der Waals surface area contributed by atoms with Crippen LogP contribution in [0.4, 0.5) is 13.2 Å². The fourth-order valence-corrected chi connectivity index (χ4v) is 14.8. The van der Waals surface area contributed by atoms with Gasteiger partial charge in [0.1, 0.15) is 0 Å². The second-order valence-electron chi connectivity index (χ2n) is 25.6. The van der Waals surface area contributed by atoms with Crippen LogP contribution >= 0.6 is 11.6 Å². The molecule has 12 heteroatoms. The summed E-state index contributed by atoms with van der Waals surface area (Å²) in [5.41, 5.74) is 18.4. The SMILES string of the molecule is Cc1cccc(-n2ccc3cc4c(cc32)[nH]c2ccccc24)c1.Clc1nc(-c2ccc(-c3cccc4ccccc34)cc2)c2ccccc2n1.FC(F)(F)c1cccc(-n2ccc3cc4c5ccccc5n(-c5nc(-c6ccc(-c7cccc8ccccc78)cc6)c6ccccc6n5)c4cc32)c1. The van der Waals surface area contributed by atoms with E-state index in [0.717, 1.165) is 88.7 Å². The highest BCUT2D eigenvalue weighted by Gasteiger charge is 2.31. The molecule has 0 unspecified atom stereocenters. The largest absolute Gasteiger partial charge is 0.416 e.